The Kier molecular flexibility index (Phi) is 5.79. The first kappa shape index (κ1) is 20.9. The third-order valence-electron chi connectivity index (χ3n) is 8.75. The summed E-state index contributed by atoms with van der Waals surface area (Å²) < 4.78 is 6.07. The summed E-state index contributed by atoms with van der Waals surface area (Å²) in [6.45, 7) is 6.93. The number of unbranched alkanes of at least 4 members (excludes halogenated alkanes) is 3. The van der Waals surface area contributed by atoms with Crippen molar-refractivity contribution in [3.63, 3.8) is 0 Å². The van der Waals surface area contributed by atoms with Crippen molar-refractivity contribution in [3.8, 4) is 0 Å². The van der Waals surface area contributed by atoms with Crippen LogP contribution in [0.5, 0.6) is 0 Å². The van der Waals surface area contributed by atoms with E-state index < -0.39 is 0 Å². The van der Waals surface area contributed by atoms with Gasteiger partial charge in [0.25, 0.3) is 0 Å². The van der Waals surface area contributed by atoms with E-state index in [0.29, 0.717) is 30.5 Å². The van der Waals surface area contributed by atoms with Crippen molar-refractivity contribution in [2.45, 2.75) is 104 Å². The number of carbonyl (C=O) groups excluding carboxylic acids is 2. The van der Waals surface area contributed by atoms with Crippen molar-refractivity contribution in [3.05, 3.63) is 23.3 Å². The second-order valence-corrected chi connectivity index (χ2v) is 10.5. The Morgan fingerprint density at radius 1 is 1.14 bits per heavy atom. The van der Waals surface area contributed by atoms with Crippen LogP contribution in [0.2, 0.25) is 0 Å². The standard InChI is InChI=1S/C26H38O3/c1-4-5-6-7-8-24(28)29-23-12-11-21-20-10-9-18-17-19(27)13-15-25(18,2)22(20)14-16-26(21,23)3/h14,17,20-21,23H,4-13,15-16H2,1-3H3/t20?,21?,23-,25-,26-/m0/s1. The zero-order chi connectivity index (χ0) is 20.6. The molecule has 0 aromatic heterocycles. The maximum Gasteiger partial charge on any atom is 0.306 e. The molecular formula is C26H38O3. The molecule has 0 N–H and O–H groups in total. The van der Waals surface area contributed by atoms with Gasteiger partial charge in [0, 0.05) is 23.7 Å². The molecule has 0 spiro atoms. The summed E-state index contributed by atoms with van der Waals surface area (Å²) in [5.74, 6) is 1.52. The van der Waals surface area contributed by atoms with Crippen LogP contribution < -0.4 is 0 Å². The molecule has 0 radical (unpaired) electrons. The highest BCUT2D eigenvalue weighted by molar-refractivity contribution is 5.92. The maximum absolute atomic E-state index is 12.5. The summed E-state index contributed by atoms with van der Waals surface area (Å²) >= 11 is 0. The van der Waals surface area contributed by atoms with Crippen LogP contribution in [0.25, 0.3) is 0 Å². The van der Waals surface area contributed by atoms with Crippen LogP contribution in [0, 0.1) is 22.7 Å². The molecule has 0 aromatic rings. The van der Waals surface area contributed by atoms with E-state index in [4.69, 9.17) is 4.74 Å². The van der Waals surface area contributed by atoms with Gasteiger partial charge in [-0.15, -0.1) is 0 Å². The largest absolute Gasteiger partial charge is 0.462 e. The van der Waals surface area contributed by atoms with Crippen LogP contribution in [-0.4, -0.2) is 17.9 Å². The van der Waals surface area contributed by atoms with Crippen LogP contribution in [-0.2, 0) is 14.3 Å². The molecule has 3 nitrogen and oxygen atoms in total. The minimum atomic E-state index is 0.00868. The number of ether oxygens (including phenoxy) is 1. The zero-order valence-electron chi connectivity index (χ0n) is 18.6. The maximum atomic E-state index is 12.5. The van der Waals surface area contributed by atoms with Crippen LogP contribution in [0.15, 0.2) is 23.3 Å². The summed E-state index contributed by atoms with van der Waals surface area (Å²) in [5.41, 5.74) is 3.13. The Bertz CT molecular complexity index is 732. The second-order valence-electron chi connectivity index (χ2n) is 10.5. The number of rotatable bonds is 6. The summed E-state index contributed by atoms with van der Waals surface area (Å²) in [4.78, 5) is 24.4. The van der Waals surface area contributed by atoms with Gasteiger partial charge in [0.05, 0.1) is 0 Å². The highest BCUT2D eigenvalue weighted by Crippen LogP contribution is 2.63. The van der Waals surface area contributed by atoms with Crippen LogP contribution in [0.3, 0.4) is 0 Å². The summed E-state index contributed by atoms with van der Waals surface area (Å²) in [5, 5.41) is 0. The van der Waals surface area contributed by atoms with E-state index in [2.05, 4.69) is 26.8 Å². The molecule has 0 amide bonds. The first-order valence-electron chi connectivity index (χ1n) is 12.0. The third kappa shape index (κ3) is 3.64. The molecule has 160 valence electrons. The summed E-state index contributed by atoms with van der Waals surface area (Å²) in [6.07, 6.45) is 16.6. The van der Waals surface area contributed by atoms with Gasteiger partial charge in [0.1, 0.15) is 6.10 Å². The van der Waals surface area contributed by atoms with Crippen LogP contribution >= 0.6 is 0 Å². The Balaban J connectivity index is 1.48. The predicted octanol–water partition coefficient (Wildman–Crippen LogP) is 6.32. The molecule has 4 rings (SSSR count). The SMILES string of the molecule is CCCCCCC(=O)O[C@H]1CCC2C3CCC4=CC(=O)CC[C@]4(C)C3=CC[C@@]21C. The van der Waals surface area contributed by atoms with E-state index in [1.54, 1.807) is 5.57 Å². The highest BCUT2D eigenvalue weighted by atomic mass is 16.5. The number of esters is 1. The average molecular weight is 399 g/mol. The van der Waals surface area contributed by atoms with Crippen molar-refractivity contribution >= 4 is 11.8 Å². The predicted molar refractivity (Wildman–Crippen MR) is 115 cm³/mol. The van der Waals surface area contributed by atoms with Crippen LogP contribution in [0.1, 0.15) is 97.8 Å². The number of fused-ring (bicyclic) bond motifs is 5. The van der Waals surface area contributed by atoms with Gasteiger partial charge in [0.15, 0.2) is 5.78 Å². The fraction of sp³-hybridized carbons (Fsp3) is 0.769. The van der Waals surface area contributed by atoms with Gasteiger partial charge in [-0.2, -0.15) is 0 Å². The lowest BCUT2D eigenvalue weighted by Gasteiger charge is -2.53. The van der Waals surface area contributed by atoms with Gasteiger partial charge >= 0.3 is 5.97 Å². The molecule has 5 atom stereocenters. The average Bonchev–Trinajstić information content (AvgIpc) is 3.02. The Morgan fingerprint density at radius 3 is 2.76 bits per heavy atom. The molecule has 0 bridgehead atoms. The van der Waals surface area contributed by atoms with Crippen molar-refractivity contribution in [2.75, 3.05) is 0 Å². The van der Waals surface area contributed by atoms with Gasteiger partial charge in [-0.1, -0.05) is 57.3 Å². The fourth-order valence-corrected chi connectivity index (χ4v) is 6.92. The molecule has 2 saturated carbocycles. The van der Waals surface area contributed by atoms with Crippen molar-refractivity contribution in [1.82, 2.24) is 0 Å². The number of carbonyl (C=O) groups is 2. The lowest BCUT2D eigenvalue weighted by molar-refractivity contribution is -0.156. The molecule has 0 saturated heterocycles. The number of ketones is 1. The molecule has 0 heterocycles. The minimum absolute atomic E-state index is 0.00868. The van der Waals surface area contributed by atoms with Gasteiger partial charge < -0.3 is 4.74 Å². The second kappa shape index (κ2) is 8.04. The molecule has 4 aliphatic rings. The molecule has 2 unspecified atom stereocenters. The van der Waals surface area contributed by atoms with Crippen molar-refractivity contribution in [1.29, 1.82) is 0 Å². The zero-order valence-corrected chi connectivity index (χ0v) is 18.6. The third-order valence-corrected chi connectivity index (χ3v) is 8.75. The molecule has 29 heavy (non-hydrogen) atoms. The van der Waals surface area contributed by atoms with Crippen molar-refractivity contribution in [2.24, 2.45) is 22.7 Å². The molecular weight excluding hydrogens is 360 g/mol. The summed E-state index contributed by atoms with van der Waals surface area (Å²) in [6, 6.07) is 0. The topological polar surface area (TPSA) is 43.4 Å². The number of hydrogen-bond donors (Lipinski definition) is 0. The monoisotopic (exact) mass is 398 g/mol. The van der Waals surface area contributed by atoms with E-state index in [-0.39, 0.29) is 22.9 Å². The van der Waals surface area contributed by atoms with Gasteiger partial charge in [-0.05, 0) is 62.9 Å². The fourth-order valence-electron chi connectivity index (χ4n) is 6.92. The summed E-state index contributed by atoms with van der Waals surface area (Å²) in [7, 11) is 0. The molecule has 0 aliphatic heterocycles. The quantitative estimate of drug-likeness (QED) is 0.299. The number of allylic oxidation sites excluding steroid dienone is 4. The van der Waals surface area contributed by atoms with Gasteiger partial charge in [-0.25, -0.2) is 0 Å². The molecule has 4 aliphatic carbocycles. The van der Waals surface area contributed by atoms with E-state index in [1.165, 1.54) is 24.8 Å². The first-order valence-corrected chi connectivity index (χ1v) is 12.0. The Morgan fingerprint density at radius 2 is 1.97 bits per heavy atom. The minimum Gasteiger partial charge on any atom is -0.462 e. The van der Waals surface area contributed by atoms with Gasteiger partial charge in [0.2, 0.25) is 0 Å². The Labute approximate surface area is 176 Å². The number of hydrogen-bond acceptors (Lipinski definition) is 3. The normalized spacial score (nSPS) is 38.4. The molecule has 2 fully saturated rings. The van der Waals surface area contributed by atoms with E-state index >= 15 is 0 Å². The lowest BCUT2D eigenvalue weighted by Crippen LogP contribution is -2.46. The molecule has 0 aromatic carbocycles. The molecule has 3 heteroatoms. The van der Waals surface area contributed by atoms with E-state index in [0.717, 1.165) is 44.9 Å². The first-order chi connectivity index (χ1) is 13.9. The highest BCUT2D eigenvalue weighted by Gasteiger charge is 2.57. The van der Waals surface area contributed by atoms with Gasteiger partial charge in [-0.3, -0.25) is 9.59 Å². The lowest BCUT2D eigenvalue weighted by atomic mass is 9.52. The van der Waals surface area contributed by atoms with E-state index in [9.17, 15) is 9.59 Å². The Hall–Kier alpha value is -1.38. The van der Waals surface area contributed by atoms with Crippen LogP contribution in [0.4, 0.5) is 0 Å². The smallest absolute Gasteiger partial charge is 0.306 e. The van der Waals surface area contributed by atoms with Crippen molar-refractivity contribution < 1.29 is 14.3 Å². The van der Waals surface area contributed by atoms with E-state index in [1.807, 2.05) is 6.08 Å².